The largest absolute Gasteiger partial charge is 0.352 e. The Morgan fingerprint density at radius 3 is 2.28 bits per heavy atom. The molecule has 0 unspecified atom stereocenters. The van der Waals surface area contributed by atoms with Gasteiger partial charge in [0.15, 0.2) is 0 Å². The molecule has 5 heteroatoms. The van der Waals surface area contributed by atoms with Gasteiger partial charge in [0, 0.05) is 16.7 Å². The highest BCUT2D eigenvalue weighted by molar-refractivity contribution is 8.00. The van der Waals surface area contributed by atoms with Gasteiger partial charge in [0.05, 0.1) is 16.8 Å². The number of para-hydroxylation sites is 1. The number of carbonyl (C=O) groups excluding carboxylic acids is 2. The second kappa shape index (κ2) is 9.28. The van der Waals surface area contributed by atoms with Gasteiger partial charge in [0.2, 0.25) is 0 Å². The second-order valence-electron chi connectivity index (χ2n) is 5.92. The van der Waals surface area contributed by atoms with Crippen molar-refractivity contribution in [2.75, 3.05) is 11.9 Å². The van der Waals surface area contributed by atoms with E-state index in [0.717, 1.165) is 11.3 Å². The highest BCUT2D eigenvalue weighted by Gasteiger charge is 2.16. The summed E-state index contributed by atoms with van der Waals surface area (Å²) < 4.78 is 0. The van der Waals surface area contributed by atoms with Crippen LogP contribution in [0, 0.1) is 0 Å². The van der Waals surface area contributed by atoms with Crippen molar-refractivity contribution in [3.63, 3.8) is 0 Å². The third-order valence-electron chi connectivity index (χ3n) is 3.45. The van der Waals surface area contributed by atoms with Crippen molar-refractivity contribution < 1.29 is 9.59 Å². The van der Waals surface area contributed by atoms with Crippen LogP contribution in [0.1, 0.15) is 47.9 Å². The molecule has 0 saturated heterocycles. The second-order valence-corrected chi connectivity index (χ2v) is 7.54. The highest BCUT2D eigenvalue weighted by Crippen LogP contribution is 2.27. The number of carbonyl (C=O) groups is 2. The van der Waals surface area contributed by atoms with E-state index in [1.54, 1.807) is 42.1 Å². The fourth-order valence-electron chi connectivity index (χ4n) is 2.32. The number of benzene rings is 2. The average Bonchev–Trinajstić information content (AvgIpc) is 2.60. The van der Waals surface area contributed by atoms with Crippen LogP contribution >= 0.6 is 11.8 Å². The maximum Gasteiger partial charge on any atom is 0.256 e. The molecule has 2 rings (SSSR count). The van der Waals surface area contributed by atoms with Crippen LogP contribution in [-0.2, 0) is 0 Å². The summed E-state index contributed by atoms with van der Waals surface area (Å²) in [7, 11) is 0. The standard InChI is InChI=1S/C20H24N2O2S/c1-4-13-21-19(23)15-9-5-7-11-17(15)22-20(24)16-10-6-8-12-18(16)25-14(2)3/h5-12,14H,4,13H2,1-3H3,(H,21,23)(H,22,24). The van der Waals surface area contributed by atoms with Crippen molar-refractivity contribution in [1.29, 1.82) is 0 Å². The third kappa shape index (κ3) is 5.36. The molecule has 0 aliphatic carbocycles. The Bertz CT molecular complexity index is 744. The van der Waals surface area contributed by atoms with Gasteiger partial charge < -0.3 is 10.6 Å². The number of rotatable bonds is 7. The molecule has 0 aromatic heterocycles. The molecule has 2 N–H and O–H groups in total. The lowest BCUT2D eigenvalue weighted by Crippen LogP contribution is -2.25. The molecule has 4 nitrogen and oxygen atoms in total. The minimum atomic E-state index is -0.209. The lowest BCUT2D eigenvalue weighted by atomic mass is 10.1. The molecule has 0 radical (unpaired) electrons. The molecule has 2 aromatic rings. The number of hydrogen-bond acceptors (Lipinski definition) is 3. The quantitative estimate of drug-likeness (QED) is 0.714. The molecule has 0 bridgehead atoms. The Hall–Kier alpha value is -2.27. The smallest absolute Gasteiger partial charge is 0.256 e. The van der Waals surface area contributed by atoms with Gasteiger partial charge in [-0.1, -0.05) is 45.0 Å². The van der Waals surface area contributed by atoms with E-state index < -0.39 is 0 Å². The van der Waals surface area contributed by atoms with Crippen molar-refractivity contribution >= 4 is 29.3 Å². The minimum Gasteiger partial charge on any atom is -0.352 e. The van der Waals surface area contributed by atoms with Crippen LogP contribution in [0.15, 0.2) is 53.4 Å². The molecule has 0 atom stereocenters. The van der Waals surface area contributed by atoms with Crippen molar-refractivity contribution in [3.05, 3.63) is 59.7 Å². The number of thioether (sulfide) groups is 1. The molecule has 0 aliphatic rings. The first-order valence-corrected chi connectivity index (χ1v) is 9.35. The fourth-order valence-corrected chi connectivity index (χ4v) is 3.28. The first-order valence-electron chi connectivity index (χ1n) is 8.47. The first kappa shape index (κ1) is 19.1. The van der Waals surface area contributed by atoms with Crippen molar-refractivity contribution in [1.82, 2.24) is 5.32 Å². The number of nitrogens with one attached hydrogen (secondary N) is 2. The lowest BCUT2D eigenvalue weighted by Gasteiger charge is -2.14. The van der Waals surface area contributed by atoms with Gasteiger partial charge in [-0.2, -0.15) is 0 Å². The molecule has 0 spiro atoms. The van der Waals surface area contributed by atoms with Crippen molar-refractivity contribution in [2.24, 2.45) is 0 Å². The summed E-state index contributed by atoms with van der Waals surface area (Å²) in [6.07, 6.45) is 0.861. The molecule has 0 aliphatic heterocycles. The normalized spacial score (nSPS) is 10.6. The Labute approximate surface area is 153 Å². The van der Waals surface area contributed by atoms with Crippen LogP contribution in [0.2, 0.25) is 0 Å². The van der Waals surface area contributed by atoms with Crippen LogP contribution in [0.4, 0.5) is 5.69 Å². The zero-order valence-corrected chi connectivity index (χ0v) is 15.7. The third-order valence-corrected chi connectivity index (χ3v) is 4.53. The topological polar surface area (TPSA) is 58.2 Å². The van der Waals surface area contributed by atoms with Gasteiger partial charge in [-0.15, -0.1) is 11.8 Å². The van der Waals surface area contributed by atoms with Gasteiger partial charge in [-0.05, 0) is 30.7 Å². The minimum absolute atomic E-state index is 0.178. The Morgan fingerprint density at radius 1 is 0.960 bits per heavy atom. The SMILES string of the molecule is CCCNC(=O)c1ccccc1NC(=O)c1ccccc1SC(C)C. The van der Waals surface area contributed by atoms with E-state index in [1.807, 2.05) is 25.1 Å². The van der Waals surface area contributed by atoms with Gasteiger partial charge in [-0.25, -0.2) is 0 Å². The molecule has 25 heavy (non-hydrogen) atoms. The molecule has 0 fully saturated rings. The summed E-state index contributed by atoms with van der Waals surface area (Å²) in [5, 5.41) is 6.11. The summed E-state index contributed by atoms with van der Waals surface area (Å²) >= 11 is 1.65. The molecular formula is C20H24N2O2S. The Morgan fingerprint density at radius 2 is 1.60 bits per heavy atom. The van der Waals surface area contributed by atoms with Gasteiger partial charge >= 0.3 is 0 Å². The predicted octanol–water partition coefficient (Wildman–Crippen LogP) is 4.58. The molecule has 0 heterocycles. The van der Waals surface area contributed by atoms with Crippen LogP contribution in [0.3, 0.4) is 0 Å². The molecular weight excluding hydrogens is 332 g/mol. The maximum atomic E-state index is 12.7. The number of amides is 2. The molecule has 0 saturated carbocycles. The van der Waals surface area contributed by atoms with E-state index in [2.05, 4.69) is 24.5 Å². The van der Waals surface area contributed by atoms with E-state index in [1.165, 1.54) is 0 Å². The van der Waals surface area contributed by atoms with Gasteiger partial charge in [0.25, 0.3) is 11.8 Å². The Balaban J connectivity index is 2.23. The van der Waals surface area contributed by atoms with Crippen LogP contribution in [0.5, 0.6) is 0 Å². The van der Waals surface area contributed by atoms with Gasteiger partial charge in [0.1, 0.15) is 0 Å². The van der Waals surface area contributed by atoms with E-state index in [4.69, 9.17) is 0 Å². The van der Waals surface area contributed by atoms with E-state index >= 15 is 0 Å². The van der Waals surface area contributed by atoms with Crippen molar-refractivity contribution in [2.45, 2.75) is 37.3 Å². The van der Waals surface area contributed by atoms with E-state index in [9.17, 15) is 9.59 Å². The van der Waals surface area contributed by atoms with E-state index in [-0.39, 0.29) is 11.8 Å². The maximum absolute atomic E-state index is 12.7. The van der Waals surface area contributed by atoms with Gasteiger partial charge in [-0.3, -0.25) is 9.59 Å². The van der Waals surface area contributed by atoms with Crippen LogP contribution in [0.25, 0.3) is 0 Å². The average molecular weight is 356 g/mol. The summed E-state index contributed by atoms with van der Waals surface area (Å²) in [6.45, 7) is 6.78. The summed E-state index contributed by atoms with van der Waals surface area (Å²) in [5.41, 5.74) is 1.61. The monoisotopic (exact) mass is 356 g/mol. The van der Waals surface area contributed by atoms with Crippen molar-refractivity contribution in [3.8, 4) is 0 Å². The molecule has 132 valence electrons. The zero-order valence-electron chi connectivity index (χ0n) is 14.8. The summed E-state index contributed by atoms with van der Waals surface area (Å²) in [6, 6.07) is 14.6. The molecule has 2 aromatic carbocycles. The molecule has 2 amide bonds. The fraction of sp³-hybridized carbons (Fsp3) is 0.300. The number of anilines is 1. The lowest BCUT2D eigenvalue weighted by molar-refractivity contribution is 0.0954. The van der Waals surface area contributed by atoms with Crippen LogP contribution in [-0.4, -0.2) is 23.6 Å². The van der Waals surface area contributed by atoms with E-state index in [0.29, 0.717) is 28.6 Å². The predicted molar refractivity (Wildman–Crippen MR) is 104 cm³/mol. The summed E-state index contributed by atoms with van der Waals surface area (Å²) in [5.74, 6) is -0.387. The zero-order chi connectivity index (χ0) is 18.2. The number of hydrogen-bond donors (Lipinski definition) is 2. The van der Waals surface area contributed by atoms with Crippen LogP contribution < -0.4 is 10.6 Å². The summed E-state index contributed by atoms with van der Waals surface area (Å²) in [4.78, 5) is 26.0. The first-order chi connectivity index (χ1) is 12.0. The Kier molecular flexibility index (Phi) is 7.07. The highest BCUT2D eigenvalue weighted by atomic mass is 32.2.